The van der Waals surface area contributed by atoms with Crippen molar-refractivity contribution >= 4 is 43.7 Å². The summed E-state index contributed by atoms with van der Waals surface area (Å²) in [6.45, 7) is 1.46. The maximum absolute atomic E-state index is 10.8. The van der Waals surface area contributed by atoms with Crippen LogP contribution in [-0.2, 0) is 4.79 Å². The first-order chi connectivity index (χ1) is 7.47. The minimum atomic E-state index is -0.0610. The van der Waals surface area contributed by atoms with Crippen molar-refractivity contribution in [3.8, 4) is 11.5 Å². The Morgan fingerprint density at radius 2 is 2.12 bits per heavy atom. The number of carbonyl (C=O) groups excluding carboxylic acids is 1. The number of benzene rings is 1. The Morgan fingerprint density at radius 1 is 1.50 bits per heavy atom. The van der Waals surface area contributed by atoms with Crippen molar-refractivity contribution in [3.05, 3.63) is 26.7 Å². The lowest BCUT2D eigenvalue weighted by atomic mass is 10.1. The fourth-order valence-corrected chi connectivity index (χ4v) is 2.46. The molecule has 0 unspecified atom stereocenters. The Morgan fingerprint density at radius 3 is 2.62 bits per heavy atom. The molecule has 0 aliphatic heterocycles. The lowest BCUT2D eigenvalue weighted by Gasteiger charge is -2.09. The number of hydrogen-bond acceptors (Lipinski definition) is 3. The minimum absolute atomic E-state index is 0.00824. The summed E-state index contributed by atoms with van der Waals surface area (Å²) in [6, 6.07) is 1.64. The summed E-state index contributed by atoms with van der Waals surface area (Å²) in [6.07, 6.45) is 3.05. The second-order valence-electron chi connectivity index (χ2n) is 3.08. The highest BCUT2D eigenvalue weighted by molar-refractivity contribution is 9.11. The molecule has 1 rings (SSSR count). The van der Waals surface area contributed by atoms with Crippen LogP contribution in [0.3, 0.4) is 0 Å². The van der Waals surface area contributed by atoms with Gasteiger partial charge in [-0.15, -0.1) is 0 Å². The molecule has 16 heavy (non-hydrogen) atoms. The Kier molecular flexibility index (Phi) is 4.56. The molecular formula is C11H10Br2O3. The van der Waals surface area contributed by atoms with Gasteiger partial charge in [-0.3, -0.25) is 4.79 Å². The SMILES string of the molecule is COc1cc(Br)c(/C=C/C(C)=O)c(Br)c1O. The second-order valence-corrected chi connectivity index (χ2v) is 4.73. The Hall–Kier alpha value is -0.810. The van der Waals surface area contributed by atoms with Gasteiger partial charge in [0.25, 0.3) is 0 Å². The van der Waals surface area contributed by atoms with Gasteiger partial charge in [-0.2, -0.15) is 0 Å². The van der Waals surface area contributed by atoms with E-state index >= 15 is 0 Å². The van der Waals surface area contributed by atoms with Crippen LogP contribution in [0.2, 0.25) is 0 Å². The number of halogens is 2. The van der Waals surface area contributed by atoms with Gasteiger partial charge in [0.2, 0.25) is 0 Å². The molecule has 0 saturated carbocycles. The van der Waals surface area contributed by atoms with E-state index in [1.807, 2.05) is 0 Å². The number of ketones is 1. The van der Waals surface area contributed by atoms with Crippen LogP contribution < -0.4 is 4.74 Å². The molecule has 5 heteroatoms. The highest BCUT2D eigenvalue weighted by atomic mass is 79.9. The number of methoxy groups -OCH3 is 1. The van der Waals surface area contributed by atoms with Gasteiger partial charge >= 0.3 is 0 Å². The molecule has 0 saturated heterocycles. The van der Waals surface area contributed by atoms with Crippen molar-refractivity contribution in [1.82, 2.24) is 0 Å². The van der Waals surface area contributed by atoms with Crippen LogP contribution in [-0.4, -0.2) is 18.0 Å². The Bertz CT molecular complexity index is 453. The van der Waals surface area contributed by atoms with Crippen LogP contribution in [0.5, 0.6) is 11.5 Å². The number of phenolic OH excluding ortho intramolecular Hbond substituents is 1. The third-order valence-corrected chi connectivity index (χ3v) is 3.36. The number of aromatic hydroxyl groups is 1. The zero-order valence-corrected chi connectivity index (χ0v) is 11.9. The summed E-state index contributed by atoms with van der Waals surface area (Å²) >= 11 is 6.59. The van der Waals surface area contributed by atoms with Crippen LogP contribution in [0.4, 0.5) is 0 Å². The summed E-state index contributed by atoms with van der Waals surface area (Å²) in [4.78, 5) is 10.8. The molecule has 0 radical (unpaired) electrons. The molecular weight excluding hydrogens is 340 g/mol. The number of phenols is 1. The monoisotopic (exact) mass is 348 g/mol. The van der Waals surface area contributed by atoms with Crippen molar-refractivity contribution in [2.24, 2.45) is 0 Å². The predicted octanol–water partition coefficient (Wildman–Crippen LogP) is 3.53. The van der Waals surface area contributed by atoms with E-state index in [1.54, 1.807) is 12.1 Å². The lowest BCUT2D eigenvalue weighted by Crippen LogP contribution is -1.89. The third-order valence-electron chi connectivity index (χ3n) is 1.90. The summed E-state index contributed by atoms with van der Waals surface area (Å²) in [5, 5.41) is 9.76. The molecule has 1 aromatic rings. The first-order valence-corrected chi connectivity index (χ1v) is 5.99. The smallest absolute Gasteiger partial charge is 0.172 e. The van der Waals surface area contributed by atoms with E-state index in [9.17, 15) is 9.90 Å². The number of hydrogen-bond donors (Lipinski definition) is 1. The van der Waals surface area contributed by atoms with Crippen molar-refractivity contribution in [3.63, 3.8) is 0 Å². The average Bonchev–Trinajstić information content (AvgIpc) is 2.22. The molecule has 0 bridgehead atoms. The largest absolute Gasteiger partial charge is 0.503 e. The van der Waals surface area contributed by atoms with Gasteiger partial charge in [0, 0.05) is 10.0 Å². The predicted molar refractivity (Wildman–Crippen MR) is 69.8 cm³/mol. The first kappa shape index (κ1) is 13.3. The fourth-order valence-electron chi connectivity index (χ4n) is 1.11. The molecule has 0 atom stereocenters. The molecule has 1 N–H and O–H groups in total. The minimum Gasteiger partial charge on any atom is -0.503 e. The summed E-state index contributed by atoms with van der Waals surface area (Å²) in [5.74, 6) is 0.307. The van der Waals surface area contributed by atoms with Crippen molar-refractivity contribution in [1.29, 1.82) is 0 Å². The van der Waals surface area contributed by atoms with Crippen LogP contribution in [0, 0.1) is 0 Å². The molecule has 0 amide bonds. The standard InChI is InChI=1S/C11H10Br2O3/c1-6(14)3-4-7-8(12)5-9(16-2)11(15)10(7)13/h3-5,15H,1-2H3/b4-3+. The molecule has 0 aliphatic carbocycles. The highest BCUT2D eigenvalue weighted by Gasteiger charge is 2.13. The first-order valence-electron chi connectivity index (χ1n) is 4.41. The van der Waals surface area contributed by atoms with Crippen LogP contribution in [0.1, 0.15) is 12.5 Å². The van der Waals surface area contributed by atoms with Crippen LogP contribution in [0.25, 0.3) is 6.08 Å². The topological polar surface area (TPSA) is 46.5 Å². The maximum atomic E-state index is 10.8. The van der Waals surface area contributed by atoms with Gasteiger partial charge in [-0.25, -0.2) is 0 Å². The second kappa shape index (κ2) is 5.50. The molecule has 86 valence electrons. The number of allylic oxidation sites excluding steroid dienone is 1. The van der Waals surface area contributed by atoms with E-state index in [-0.39, 0.29) is 11.5 Å². The number of ether oxygens (including phenoxy) is 1. The molecule has 3 nitrogen and oxygen atoms in total. The molecule has 0 fully saturated rings. The lowest BCUT2D eigenvalue weighted by molar-refractivity contribution is -0.112. The van der Waals surface area contributed by atoms with Crippen LogP contribution >= 0.6 is 31.9 Å². The number of carbonyl (C=O) groups is 1. The van der Waals surface area contributed by atoms with Gasteiger partial charge in [-0.1, -0.05) is 0 Å². The molecule has 0 aliphatic rings. The Balaban J connectivity index is 3.30. The zero-order chi connectivity index (χ0) is 12.3. The quantitative estimate of drug-likeness (QED) is 0.849. The molecule has 0 aromatic heterocycles. The van der Waals surface area contributed by atoms with Gasteiger partial charge in [0.15, 0.2) is 17.3 Å². The van der Waals surface area contributed by atoms with E-state index in [4.69, 9.17) is 4.74 Å². The van der Waals surface area contributed by atoms with Gasteiger partial charge in [-0.05, 0) is 57.0 Å². The van der Waals surface area contributed by atoms with Crippen molar-refractivity contribution < 1.29 is 14.6 Å². The van der Waals surface area contributed by atoms with E-state index in [2.05, 4.69) is 31.9 Å². The van der Waals surface area contributed by atoms with Gasteiger partial charge in [0.1, 0.15) is 0 Å². The van der Waals surface area contributed by atoms with E-state index in [0.29, 0.717) is 15.8 Å². The molecule has 0 spiro atoms. The van der Waals surface area contributed by atoms with Crippen LogP contribution in [0.15, 0.2) is 21.1 Å². The normalized spacial score (nSPS) is 10.8. The fraction of sp³-hybridized carbons (Fsp3) is 0.182. The number of rotatable bonds is 3. The summed E-state index contributed by atoms with van der Waals surface area (Å²) in [7, 11) is 1.47. The van der Waals surface area contributed by atoms with E-state index in [0.717, 1.165) is 4.47 Å². The summed E-state index contributed by atoms with van der Waals surface area (Å²) in [5.41, 5.74) is 0.688. The summed E-state index contributed by atoms with van der Waals surface area (Å²) < 4.78 is 6.20. The van der Waals surface area contributed by atoms with Crippen molar-refractivity contribution in [2.45, 2.75) is 6.92 Å². The maximum Gasteiger partial charge on any atom is 0.172 e. The third kappa shape index (κ3) is 2.86. The van der Waals surface area contributed by atoms with Gasteiger partial charge < -0.3 is 9.84 Å². The van der Waals surface area contributed by atoms with Crippen molar-refractivity contribution in [2.75, 3.05) is 7.11 Å². The zero-order valence-electron chi connectivity index (χ0n) is 8.75. The Labute approximate surface area is 110 Å². The van der Waals surface area contributed by atoms with Gasteiger partial charge in [0.05, 0.1) is 11.6 Å². The van der Waals surface area contributed by atoms with E-state index < -0.39 is 0 Å². The molecule has 0 heterocycles. The molecule has 1 aromatic carbocycles. The average molecular weight is 350 g/mol. The highest BCUT2D eigenvalue weighted by Crippen LogP contribution is 2.41. The van der Waals surface area contributed by atoms with E-state index in [1.165, 1.54) is 20.1 Å².